The van der Waals surface area contributed by atoms with Crippen LogP contribution in [0.25, 0.3) is 22.0 Å². The Bertz CT molecular complexity index is 1380. The molecular formula is C24H19F3N4O3. The molecule has 0 aliphatic rings. The predicted octanol–water partition coefficient (Wildman–Crippen LogP) is 5.61. The van der Waals surface area contributed by atoms with E-state index in [2.05, 4.69) is 15.6 Å². The molecule has 7 nitrogen and oxygen atoms in total. The second-order valence-corrected chi connectivity index (χ2v) is 7.35. The van der Waals surface area contributed by atoms with Crippen LogP contribution < -0.4 is 21.1 Å². The van der Waals surface area contributed by atoms with Crippen molar-refractivity contribution in [3.63, 3.8) is 0 Å². The van der Waals surface area contributed by atoms with Crippen molar-refractivity contribution in [2.75, 3.05) is 17.7 Å². The lowest BCUT2D eigenvalue weighted by atomic mass is 10.0. The fourth-order valence-electron chi connectivity index (χ4n) is 3.61. The number of anilines is 2. The van der Waals surface area contributed by atoms with Gasteiger partial charge in [-0.1, -0.05) is 30.3 Å². The first-order chi connectivity index (χ1) is 16.2. The maximum absolute atomic E-state index is 13.0. The van der Waals surface area contributed by atoms with Crippen molar-refractivity contribution in [2.24, 2.45) is 5.73 Å². The standard InChI is InChI=1S/C24H19F3N4O3/c1-34-19-11-8-14(24(25,26)27)12-18(19)31-23(33)29-15-9-6-13(7-10-15)20-16-4-2-3-5-17(16)30-21(20)22(28)32/h2-12,30H,1H3,(H2,28,32)(H2,29,31,33). The molecule has 4 rings (SSSR count). The second kappa shape index (κ2) is 8.81. The molecule has 0 fully saturated rings. The number of methoxy groups -OCH3 is 1. The van der Waals surface area contributed by atoms with Gasteiger partial charge in [-0.25, -0.2) is 4.79 Å². The van der Waals surface area contributed by atoms with Crippen molar-refractivity contribution in [1.82, 2.24) is 4.98 Å². The maximum atomic E-state index is 13.0. The molecule has 0 aliphatic carbocycles. The summed E-state index contributed by atoms with van der Waals surface area (Å²) in [7, 11) is 1.29. The number of nitrogens with two attached hydrogens (primary N) is 1. The van der Waals surface area contributed by atoms with Crippen LogP contribution in [0.4, 0.5) is 29.3 Å². The van der Waals surface area contributed by atoms with Crippen molar-refractivity contribution in [3.8, 4) is 16.9 Å². The number of primary amides is 1. The molecule has 0 saturated carbocycles. The van der Waals surface area contributed by atoms with Crippen molar-refractivity contribution >= 4 is 34.2 Å². The Labute approximate surface area is 191 Å². The van der Waals surface area contributed by atoms with Crippen LogP contribution in [0.1, 0.15) is 16.1 Å². The highest BCUT2D eigenvalue weighted by Gasteiger charge is 2.31. The molecule has 0 bridgehead atoms. The van der Waals surface area contributed by atoms with E-state index in [1.807, 2.05) is 24.3 Å². The SMILES string of the molecule is COc1ccc(C(F)(F)F)cc1NC(=O)Nc1ccc(-c2c(C(N)=O)[nH]c3ccccc23)cc1. The average Bonchev–Trinajstić information content (AvgIpc) is 3.19. The number of nitrogens with one attached hydrogen (secondary N) is 3. The molecule has 4 aromatic rings. The molecule has 0 aliphatic heterocycles. The van der Waals surface area contributed by atoms with Crippen LogP contribution in [0.2, 0.25) is 0 Å². The number of amides is 3. The number of hydrogen-bond acceptors (Lipinski definition) is 3. The van der Waals surface area contributed by atoms with E-state index in [0.717, 1.165) is 29.1 Å². The van der Waals surface area contributed by atoms with Crippen molar-refractivity contribution in [1.29, 1.82) is 0 Å². The number of H-pyrrole nitrogens is 1. The number of aromatic nitrogens is 1. The number of hydrogen-bond donors (Lipinski definition) is 4. The van der Waals surface area contributed by atoms with Crippen molar-refractivity contribution in [3.05, 3.63) is 78.0 Å². The van der Waals surface area contributed by atoms with E-state index in [4.69, 9.17) is 10.5 Å². The minimum absolute atomic E-state index is 0.0804. The number of rotatable bonds is 5. The second-order valence-electron chi connectivity index (χ2n) is 7.35. The topological polar surface area (TPSA) is 109 Å². The summed E-state index contributed by atoms with van der Waals surface area (Å²) >= 11 is 0. The molecule has 0 spiro atoms. The minimum atomic E-state index is -4.57. The summed E-state index contributed by atoms with van der Waals surface area (Å²) in [6, 6.07) is 16.0. The normalized spacial score (nSPS) is 11.3. The molecule has 0 saturated heterocycles. The van der Waals surface area contributed by atoms with Gasteiger partial charge in [0.15, 0.2) is 0 Å². The lowest BCUT2D eigenvalue weighted by molar-refractivity contribution is -0.137. The highest BCUT2D eigenvalue weighted by atomic mass is 19.4. The third kappa shape index (κ3) is 4.51. The van der Waals surface area contributed by atoms with Gasteiger partial charge in [-0.2, -0.15) is 13.2 Å². The molecule has 0 radical (unpaired) electrons. The van der Waals surface area contributed by atoms with Gasteiger partial charge in [-0.3, -0.25) is 4.79 Å². The third-order valence-electron chi connectivity index (χ3n) is 5.16. The summed E-state index contributed by atoms with van der Waals surface area (Å²) in [5, 5.41) is 5.74. The number of benzene rings is 3. The molecule has 3 aromatic carbocycles. The summed E-state index contributed by atoms with van der Waals surface area (Å²) in [6.07, 6.45) is -4.57. The fourth-order valence-corrected chi connectivity index (χ4v) is 3.61. The van der Waals surface area contributed by atoms with Gasteiger partial charge in [0, 0.05) is 22.2 Å². The number of para-hydroxylation sites is 1. The summed E-state index contributed by atoms with van der Waals surface area (Å²) in [5.74, 6) is -0.528. The van der Waals surface area contributed by atoms with Gasteiger partial charge in [-0.15, -0.1) is 0 Å². The molecule has 10 heteroatoms. The molecular weight excluding hydrogens is 449 g/mol. The van der Waals surface area contributed by atoms with Crippen LogP contribution in [0, 0.1) is 0 Å². The smallest absolute Gasteiger partial charge is 0.416 e. The van der Waals surface area contributed by atoms with Gasteiger partial charge in [0.05, 0.1) is 18.4 Å². The lowest BCUT2D eigenvalue weighted by Gasteiger charge is -2.14. The van der Waals surface area contributed by atoms with Gasteiger partial charge < -0.3 is 26.1 Å². The third-order valence-corrected chi connectivity index (χ3v) is 5.16. The highest BCUT2D eigenvalue weighted by Crippen LogP contribution is 2.35. The molecule has 3 amide bonds. The van der Waals surface area contributed by atoms with Gasteiger partial charge in [-0.05, 0) is 42.0 Å². The fraction of sp³-hybridized carbons (Fsp3) is 0.0833. The number of carbonyl (C=O) groups excluding carboxylic acids is 2. The van der Waals surface area contributed by atoms with E-state index in [-0.39, 0.29) is 17.1 Å². The Hall–Kier alpha value is -4.47. The summed E-state index contributed by atoms with van der Waals surface area (Å²) in [6.45, 7) is 0. The number of ether oxygens (including phenoxy) is 1. The van der Waals surface area contributed by atoms with Crippen LogP contribution in [0.3, 0.4) is 0 Å². The summed E-state index contributed by atoms with van der Waals surface area (Å²) in [5.41, 5.74) is 7.20. The summed E-state index contributed by atoms with van der Waals surface area (Å²) in [4.78, 5) is 27.4. The maximum Gasteiger partial charge on any atom is 0.416 e. The monoisotopic (exact) mass is 468 g/mol. The molecule has 1 aromatic heterocycles. The Morgan fingerprint density at radius 2 is 1.68 bits per heavy atom. The zero-order valence-corrected chi connectivity index (χ0v) is 17.8. The molecule has 0 atom stereocenters. The van der Waals surface area contributed by atoms with E-state index in [1.54, 1.807) is 24.3 Å². The van der Waals surface area contributed by atoms with Crippen LogP contribution >= 0.6 is 0 Å². The Morgan fingerprint density at radius 3 is 2.32 bits per heavy atom. The zero-order valence-electron chi connectivity index (χ0n) is 17.8. The molecule has 34 heavy (non-hydrogen) atoms. The first-order valence-electron chi connectivity index (χ1n) is 10.0. The first-order valence-corrected chi connectivity index (χ1v) is 10.0. The van der Waals surface area contributed by atoms with Gasteiger partial charge in [0.2, 0.25) is 0 Å². The summed E-state index contributed by atoms with van der Waals surface area (Å²) < 4.78 is 44.1. The van der Waals surface area contributed by atoms with Crippen LogP contribution in [0.5, 0.6) is 5.75 Å². The number of halogens is 3. The lowest BCUT2D eigenvalue weighted by Crippen LogP contribution is -2.20. The van der Waals surface area contributed by atoms with Crippen molar-refractivity contribution in [2.45, 2.75) is 6.18 Å². The molecule has 5 N–H and O–H groups in total. The van der Waals surface area contributed by atoms with E-state index in [9.17, 15) is 22.8 Å². The quantitative estimate of drug-likeness (QED) is 0.306. The Kier molecular flexibility index (Phi) is 5.89. The van der Waals surface area contributed by atoms with Crippen molar-refractivity contribution < 1.29 is 27.5 Å². The predicted molar refractivity (Wildman–Crippen MR) is 123 cm³/mol. The number of urea groups is 1. The average molecular weight is 468 g/mol. The number of alkyl halides is 3. The number of carbonyl (C=O) groups is 2. The van der Waals surface area contributed by atoms with Gasteiger partial charge >= 0.3 is 12.2 Å². The van der Waals surface area contributed by atoms with E-state index < -0.39 is 23.7 Å². The Morgan fingerprint density at radius 1 is 0.971 bits per heavy atom. The van der Waals surface area contributed by atoms with Gasteiger partial charge in [0.25, 0.3) is 5.91 Å². The molecule has 0 unspecified atom stereocenters. The highest BCUT2D eigenvalue weighted by molar-refractivity contribution is 6.09. The van der Waals surface area contributed by atoms with Crippen LogP contribution in [-0.4, -0.2) is 24.0 Å². The van der Waals surface area contributed by atoms with Gasteiger partial charge in [0.1, 0.15) is 11.4 Å². The number of fused-ring (bicyclic) bond motifs is 1. The van der Waals surface area contributed by atoms with E-state index in [0.29, 0.717) is 16.8 Å². The Balaban J connectivity index is 1.56. The molecule has 174 valence electrons. The van der Waals surface area contributed by atoms with E-state index in [1.165, 1.54) is 7.11 Å². The van der Waals surface area contributed by atoms with Crippen LogP contribution in [0.15, 0.2) is 66.7 Å². The molecule has 1 heterocycles. The van der Waals surface area contributed by atoms with Crippen LogP contribution in [-0.2, 0) is 6.18 Å². The largest absolute Gasteiger partial charge is 0.495 e. The zero-order chi connectivity index (χ0) is 24.5. The minimum Gasteiger partial charge on any atom is -0.495 e. The first kappa shape index (κ1) is 22.7. The van der Waals surface area contributed by atoms with E-state index >= 15 is 0 Å². The number of aromatic amines is 1.